The fourth-order valence-corrected chi connectivity index (χ4v) is 5.22. The van der Waals surface area contributed by atoms with Crippen molar-refractivity contribution in [3.05, 3.63) is 63.4 Å². The van der Waals surface area contributed by atoms with Gasteiger partial charge in [0.25, 0.3) is 0 Å². The Morgan fingerprint density at radius 1 is 1.13 bits per heavy atom. The molecule has 0 bridgehead atoms. The van der Waals surface area contributed by atoms with Crippen molar-refractivity contribution in [3.8, 4) is 22.7 Å². The molecular weight excluding hydrogens is 489 g/mol. The summed E-state index contributed by atoms with van der Waals surface area (Å²) in [7, 11) is 3.77. The van der Waals surface area contributed by atoms with E-state index in [2.05, 4.69) is 58.8 Å². The van der Waals surface area contributed by atoms with Crippen molar-refractivity contribution in [1.82, 2.24) is 14.7 Å². The number of rotatable bonds is 3. The van der Waals surface area contributed by atoms with Gasteiger partial charge in [-0.15, -0.1) is 0 Å². The first-order chi connectivity index (χ1) is 14.6. The normalized spacial score (nSPS) is 21.2. The fourth-order valence-electron chi connectivity index (χ4n) is 4.86. The number of carbonyl (C=O) groups is 1. The molecular formula is C24H24IN3O2. The lowest BCUT2D eigenvalue weighted by atomic mass is 9.72. The highest BCUT2D eigenvalue weighted by molar-refractivity contribution is 14.1. The molecule has 1 saturated heterocycles. The van der Waals surface area contributed by atoms with Crippen LogP contribution in [-0.2, 0) is 6.42 Å². The second-order valence-corrected chi connectivity index (χ2v) is 9.49. The second-order valence-electron chi connectivity index (χ2n) is 8.24. The molecule has 3 aromatic rings. The van der Waals surface area contributed by atoms with Crippen LogP contribution < -0.4 is 4.74 Å². The van der Waals surface area contributed by atoms with Crippen molar-refractivity contribution >= 4 is 28.4 Å². The zero-order chi connectivity index (χ0) is 20.8. The summed E-state index contributed by atoms with van der Waals surface area (Å²) in [6.45, 7) is 1.86. The average molecular weight is 513 g/mol. The number of aromatic nitrogens is 2. The first-order valence-electron chi connectivity index (χ1n) is 10.3. The molecule has 1 aliphatic heterocycles. The third-order valence-electron chi connectivity index (χ3n) is 6.41. The maximum Gasteiger partial charge on any atom is 0.171 e. The standard InChI is InChI=1S/C24H24IN3O2/c1-27-12-11-15-13-20-22(24(29)19(15)14-27)23(18-5-3-4-6-21(18)30-2)26-28(20)17-9-7-16(25)8-10-17/h3-10,15,19H,11-14H2,1-2H3. The first kappa shape index (κ1) is 19.8. The van der Waals surface area contributed by atoms with Crippen molar-refractivity contribution in [2.24, 2.45) is 11.8 Å². The summed E-state index contributed by atoms with van der Waals surface area (Å²) in [5, 5.41) is 5.00. The summed E-state index contributed by atoms with van der Waals surface area (Å²) in [5.74, 6) is 1.39. The number of piperidine rings is 1. The molecule has 6 heteroatoms. The minimum absolute atomic E-state index is 0.0408. The summed E-state index contributed by atoms with van der Waals surface area (Å²) in [6, 6.07) is 16.1. The summed E-state index contributed by atoms with van der Waals surface area (Å²) >= 11 is 2.31. The Morgan fingerprint density at radius 3 is 2.67 bits per heavy atom. The molecule has 0 amide bonds. The maximum atomic E-state index is 13.8. The van der Waals surface area contributed by atoms with Crippen LogP contribution in [0, 0.1) is 15.4 Å². The van der Waals surface area contributed by atoms with E-state index in [9.17, 15) is 4.79 Å². The fraction of sp³-hybridized carbons (Fsp3) is 0.333. The number of para-hydroxylation sites is 1. The number of ketones is 1. The quantitative estimate of drug-likeness (QED) is 0.486. The monoisotopic (exact) mass is 513 g/mol. The van der Waals surface area contributed by atoms with Crippen molar-refractivity contribution in [1.29, 1.82) is 0 Å². The molecule has 5 rings (SSSR count). The number of hydrogen-bond acceptors (Lipinski definition) is 4. The Kier molecular flexibility index (Phi) is 5.14. The smallest absolute Gasteiger partial charge is 0.171 e. The number of carbonyl (C=O) groups excluding carboxylic acids is 1. The Labute approximate surface area is 190 Å². The molecule has 154 valence electrons. The Balaban J connectivity index is 1.73. The number of likely N-dealkylation sites (tertiary alicyclic amines) is 1. The summed E-state index contributed by atoms with van der Waals surface area (Å²) in [6.07, 6.45) is 1.93. The summed E-state index contributed by atoms with van der Waals surface area (Å²) in [4.78, 5) is 16.0. The van der Waals surface area contributed by atoms with Crippen LogP contribution in [0.1, 0.15) is 22.5 Å². The molecule has 0 saturated carbocycles. The highest BCUT2D eigenvalue weighted by atomic mass is 127. The van der Waals surface area contributed by atoms with Gasteiger partial charge in [0.2, 0.25) is 0 Å². The van der Waals surface area contributed by atoms with Gasteiger partial charge in [-0.1, -0.05) is 12.1 Å². The maximum absolute atomic E-state index is 13.8. The summed E-state index contributed by atoms with van der Waals surface area (Å²) in [5.41, 5.74) is 4.41. The van der Waals surface area contributed by atoms with Crippen LogP contribution in [0.5, 0.6) is 5.75 Å². The summed E-state index contributed by atoms with van der Waals surface area (Å²) < 4.78 is 8.77. The number of Topliss-reactive ketones (excluding diaryl/α,β-unsaturated/α-hetero) is 1. The zero-order valence-corrected chi connectivity index (χ0v) is 19.3. The minimum atomic E-state index is 0.0408. The number of ether oxygens (including phenoxy) is 1. The molecule has 1 aliphatic carbocycles. The molecule has 1 fully saturated rings. The van der Waals surface area contributed by atoms with E-state index in [0.29, 0.717) is 5.92 Å². The lowest BCUT2D eigenvalue weighted by molar-refractivity contribution is 0.0705. The van der Waals surface area contributed by atoms with E-state index in [4.69, 9.17) is 9.84 Å². The van der Waals surface area contributed by atoms with Crippen LogP contribution in [0.15, 0.2) is 48.5 Å². The van der Waals surface area contributed by atoms with Gasteiger partial charge in [-0.2, -0.15) is 5.10 Å². The Morgan fingerprint density at radius 2 is 1.90 bits per heavy atom. The van der Waals surface area contributed by atoms with Crippen LogP contribution >= 0.6 is 22.6 Å². The number of fused-ring (bicyclic) bond motifs is 2. The van der Waals surface area contributed by atoms with Crippen LogP contribution in [0.3, 0.4) is 0 Å². The minimum Gasteiger partial charge on any atom is -0.496 e. The third-order valence-corrected chi connectivity index (χ3v) is 7.13. The number of halogens is 1. The molecule has 30 heavy (non-hydrogen) atoms. The van der Waals surface area contributed by atoms with E-state index in [1.807, 2.05) is 28.9 Å². The largest absolute Gasteiger partial charge is 0.496 e. The molecule has 2 unspecified atom stereocenters. The van der Waals surface area contributed by atoms with Crippen molar-refractivity contribution in [2.45, 2.75) is 12.8 Å². The van der Waals surface area contributed by atoms with Gasteiger partial charge in [-0.3, -0.25) is 4.79 Å². The molecule has 0 spiro atoms. The highest BCUT2D eigenvalue weighted by Gasteiger charge is 2.42. The van der Waals surface area contributed by atoms with Crippen molar-refractivity contribution < 1.29 is 9.53 Å². The predicted octanol–water partition coefficient (Wildman–Crippen LogP) is 4.46. The van der Waals surface area contributed by atoms with E-state index in [1.165, 1.54) is 3.57 Å². The van der Waals surface area contributed by atoms with Crippen LogP contribution in [0.4, 0.5) is 0 Å². The molecule has 5 nitrogen and oxygen atoms in total. The van der Waals surface area contributed by atoms with E-state index in [0.717, 1.165) is 59.9 Å². The molecule has 2 aromatic carbocycles. The van der Waals surface area contributed by atoms with Gasteiger partial charge >= 0.3 is 0 Å². The SMILES string of the molecule is COc1ccccc1-c1nn(-c2ccc(I)cc2)c2c1C(=O)C1CN(C)CCC1C2. The van der Waals surface area contributed by atoms with E-state index < -0.39 is 0 Å². The Bertz CT molecular complexity index is 1110. The van der Waals surface area contributed by atoms with Gasteiger partial charge in [0.15, 0.2) is 5.78 Å². The van der Waals surface area contributed by atoms with Gasteiger partial charge < -0.3 is 9.64 Å². The second kappa shape index (κ2) is 7.81. The van der Waals surface area contributed by atoms with Crippen LogP contribution in [0.25, 0.3) is 16.9 Å². The number of benzene rings is 2. The lowest BCUT2D eigenvalue weighted by Gasteiger charge is -2.38. The topological polar surface area (TPSA) is 47.4 Å². The van der Waals surface area contributed by atoms with E-state index >= 15 is 0 Å². The molecule has 0 radical (unpaired) electrons. The van der Waals surface area contributed by atoms with Gasteiger partial charge in [-0.05, 0) is 91.3 Å². The van der Waals surface area contributed by atoms with Crippen molar-refractivity contribution in [3.63, 3.8) is 0 Å². The average Bonchev–Trinajstić information content (AvgIpc) is 3.14. The zero-order valence-electron chi connectivity index (χ0n) is 17.1. The molecule has 0 N–H and O–H groups in total. The van der Waals surface area contributed by atoms with Crippen LogP contribution in [-0.4, -0.2) is 47.7 Å². The van der Waals surface area contributed by atoms with E-state index in [-0.39, 0.29) is 11.7 Å². The van der Waals surface area contributed by atoms with E-state index in [1.54, 1.807) is 7.11 Å². The van der Waals surface area contributed by atoms with Gasteiger partial charge in [0, 0.05) is 21.6 Å². The number of hydrogen-bond donors (Lipinski definition) is 0. The van der Waals surface area contributed by atoms with Gasteiger partial charge in [-0.25, -0.2) is 4.68 Å². The van der Waals surface area contributed by atoms with Gasteiger partial charge in [0.05, 0.1) is 24.1 Å². The molecule has 2 heterocycles. The number of nitrogens with zero attached hydrogens (tertiary/aromatic N) is 3. The van der Waals surface area contributed by atoms with Crippen molar-refractivity contribution in [2.75, 3.05) is 27.2 Å². The molecule has 2 atom stereocenters. The Hall–Kier alpha value is -2.19. The first-order valence-corrected chi connectivity index (χ1v) is 11.4. The molecule has 1 aromatic heterocycles. The number of methoxy groups -OCH3 is 1. The third kappa shape index (κ3) is 3.26. The van der Waals surface area contributed by atoms with Gasteiger partial charge in [0.1, 0.15) is 11.4 Å². The lowest BCUT2D eigenvalue weighted by Crippen LogP contribution is -2.45. The molecule has 2 aliphatic rings. The van der Waals surface area contributed by atoms with Crippen LogP contribution in [0.2, 0.25) is 0 Å². The highest BCUT2D eigenvalue weighted by Crippen LogP contribution is 2.42. The predicted molar refractivity (Wildman–Crippen MR) is 125 cm³/mol.